The number of allylic oxidation sites excluding steroid dienone is 1. The molecule has 1 N–H and O–H groups in total. The maximum absolute atomic E-state index is 14.2. The first-order chi connectivity index (χ1) is 16.9. The zero-order chi connectivity index (χ0) is 26.6. The molecule has 0 saturated carbocycles. The zero-order valence-corrected chi connectivity index (χ0v) is 21.6. The molecule has 0 bridgehead atoms. The van der Waals surface area contributed by atoms with Crippen LogP contribution in [0.3, 0.4) is 0 Å². The third-order valence-corrected chi connectivity index (χ3v) is 6.42. The van der Waals surface area contributed by atoms with E-state index in [2.05, 4.69) is 10.3 Å². The first-order valence-electron chi connectivity index (χ1n) is 11.6. The van der Waals surface area contributed by atoms with Crippen LogP contribution in [-0.4, -0.2) is 54.5 Å². The Hall–Kier alpha value is -2.79. The van der Waals surface area contributed by atoms with Gasteiger partial charge < -0.3 is 19.7 Å². The van der Waals surface area contributed by atoms with E-state index in [1.54, 1.807) is 31.4 Å². The molecule has 1 atom stereocenters. The van der Waals surface area contributed by atoms with Crippen molar-refractivity contribution in [3.8, 4) is 0 Å². The van der Waals surface area contributed by atoms with Crippen molar-refractivity contribution in [3.63, 3.8) is 0 Å². The Morgan fingerprint density at radius 2 is 1.83 bits per heavy atom. The number of amides is 1. The van der Waals surface area contributed by atoms with Gasteiger partial charge in [-0.25, -0.2) is 9.79 Å². The summed E-state index contributed by atoms with van der Waals surface area (Å²) in [5.41, 5.74) is -0.00606. The van der Waals surface area contributed by atoms with Crippen LogP contribution in [-0.2, 0) is 19.1 Å². The lowest BCUT2D eigenvalue weighted by Crippen LogP contribution is -2.40. The summed E-state index contributed by atoms with van der Waals surface area (Å²) in [6.45, 7) is 7.76. The highest BCUT2D eigenvalue weighted by Gasteiger charge is 2.49. The molecule has 2 aliphatic rings. The van der Waals surface area contributed by atoms with Crippen LogP contribution in [0, 0.1) is 0 Å². The molecule has 0 unspecified atom stereocenters. The second-order valence-corrected chi connectivity index (χ2v) is 9.79. The summed E-state index contributed by atoms with van der Waals surface area (Å²) in [5, 5.41) is 4.34. The standard InChI is InChI=1S/C25H30F3N3O4S/c1-14(2)16-6-8-17(9-7-16)21-20(23(33)35-15(3)4)22(25(26,27)28)30-24-31(21)18(13-36-24)12-19(32)29-10-11-34-5/h6-9,13-15,21H,10-12H2,1-5H3,(H,29,32)/t21-/m1/s1. The molecule has 0 fully saturated rings. The van der Waals surface area contributed by atoms with Crippen molar-refractivity contribution in [1.82, 2.24) is 10.2 Å². The molecule has 0 aliphatic carbocycles. The second kappa shape index (κ2) is 11.5. The van der Waals surface area contributed by atoms with E-state index in [1.165, 1.54) is 12.0 Å². The van der Waals surface area contributed by atoms with Gasteiger partial charge in [-0.15, -0.1) is 0 Å². The summed E-state index contributed by atoms with van der Waals surface area (Å²) in [6.07, 6.45) is -5.63. The molecule has 2 aliphatic heterocycles. The van der Waals surface area contributed by atoms with Crippen molar-refractivity contribution < 1.29 is 32.2 Å². The third-order valence-electron chi connectivity index (χ3n) is 5.53. The van der Waals surface area contributed by atoms with Crippen LogP contribution in [0.1, 0.15) is 57.2 Å². The predicted octanol–water partition coefficient (Wildman–Crippen LogP) is 5.03. The number of amidine groups is 1. The van der Waals surface area contributed by atoms with E-state index >= 15 is 0 Å². The lowest BCUT2D eigenvalue weighted by Gasteiger charge is -2.37. The van der Waals surface area contributed by atoms with E-state index in [1.807, 2.05) is 26.0 Å². The molecule has 0 radical (unpaired) electrons. The maximum Gasteiger partial charge on any atom is 0.434 e. The van der Waals surface area contributed by atoms with Crippen molar-refractivity contribution in [2.24, 2.45) is 4.99 Å². The minimum absolute atomic E-state index is 0.0426. The number of nitrogens with one attached hydrogen (secondary N) is 1. The fraction of sp³-hybridized carbons (Fsp3) is 0.480. The predicted molar refractivity (Wildman–Crippen MR) is 132 cm³/mol. The molecule has 2 heterocycles. The molecule has 0 saturated heterocycles. The zero-order valence-electron chi connectivity index (χ0n) is 20.8. The number of carbonyl (C=O) groups is 2. The number of nitrogens with zero attached hydrogens (tertiary/aromatic N) is 2. The number of hydrogen-bond acceptors (Lipinski definition) is 7. The fourth-order valence-corrected chi connectivity index (χ4v) is 4.77. The van der Waals surface area contributed by atoms with Gasteiger partial charge in [-0.05, 0) is 36.3 Å². The van der Waals surface area contributed by atoms with Crippen molar-refractivity contribution >= 4 is 28.8 Å². The molecule has 1 aromatic rings. The number of rotatable bonds is 9. The maximum atomic E-state index is 14.2. The van der Waals surface area contributed by atoms with Crippen LogP contribution < -0.4 is 5.32 Å². The Bertz CT molecular complexity index is 1080. The summed E-state index contributed by atoms with van der Waals surface area (Å²) in [5.74, 6) is -1.22. The number of fused-ring (bicyclic) bond motifs is 1. The van der Waals surface area contributed by atoms with Crippen LogP contribution in [0.4, 0.5) is 13.2 Å². The highest BCUT2D eigenvalue weighted by molar-refractivity contribution is 8.16. The van der Waals surface area contributed by atoms with E-state index < -0.39 is 35.6 Å². The molecule has 3 rings (SSSR count). The van der Waals surface area contributed by atoms with E-state index in [9.17, 15) is 22.8 Å². The Kier molecular flexibility index (Phi) is 8.89. The van der Waals surface area contributed by atoms with Crippen LogP contribution in [0.15, 0.2) is 51.6 Å². The van der Waals surface area contributed by atoms with Gasteiger partial charge in [0.25, 0.3) is 0 Å². The van der Waals surface area contributed by atoms with Gasteiger partial charge in [0.05, 0.1) is 30.7 Å². The van der Waals surface area contributed by atoms with Gasteiger partial charge in [-0.3, -0.25) is 4.79 Å². The number of alkyl halides is 3. The van der Waals surface area contributed by atoms with Crippen LogP contribution in [0.5, 0.6) is 0 Å². The Morgan fingerprint density at radius 3 is 2.39 bits per heavy atom. The van der Waals surface area contributed by atoms with Crippen molar-refractivity contribution in [1.29, 1.82) is 0 Å². The molecule has 36 heavy (non-hydrogen) atoms. The monoisotopic (exact) mass is 525 g/mol. The lowest BCUT2D eigenvalue weighted by molar-refractivity contribution is -0.144. The van der Waals surface area contributed by atoms with Crippen LogP contribution in [0.25, 0.3) is 0 Å². The number of halogens is 3. The summed E-state index contributed by atoms with van der Waals surface area (Å²) in [7, 11) is 1.51. The van der Waals surface area contributed by atoms with Gasteiger partial charge in [0, 0.05) is 19.4 Å². The number of carbonyl (C=O) groups excluding carboxylic acids is 2. The highest BCUT2D eigenvalue weighted by atomic mass is 32.2. The number of thioether (sulfide) groups is 1. The molecule has 11 heteroatoms. The quantitative estimate of drug-likeness (QED) is 0.360. The minimum atomic E-state index is -4.89. The number of methoxy groups -OCH3 is 1. The van der Waals surface area contributed by atoms with Crippen molar-refractivity contribution in [2.75, 3.05) is 20.3 Å². The van der Waals surface area contributed by atoms with Gasteiger partial charge in [-0.2, -0.15) is 13.2 Å². The van der Waals surface area contributed by atoms with Gasteiger partial charge in [-0.1, -0.05) is 49.9 Å². The second-order valence-electron chi connectivity index (χ2n) is 8.95. The Labute approximate surface area is 212 Å². The SMILES string of the molecule is COCCNC(=O)CC1=CSC2=NC(C(F)(F)F)=C(C(=O)OC(C)C)[C@@H](c3ccc(C(C)C)cc3)N12. The van der Waals surface area contributed by atoms with Crippen LogP contribution >= 0.6 is 11.8 Å². The number of benzene rings is 1. The average molecular weight is 526 g/mol. The van der Waals surface area contributed by atoms with E-state index in [0.717, 1.165) is 17.3 Å². The summed E-state index contributed by atoms with van der Waals surface area (Å²) in [4.78, 5) is 31.0. The molecule has 0 spiro atoms. The summed E-state index contributed by atoms with van der Waals surface area (Å²) < 4.78 is 52.8. The minimum Gasteiger partial charge on any atom is -0.459 e. The molecule has 0 aromatic heterocycles. The lowest BCUT2D eigenvalue weighted by atomic mass is 9.91. The van der Waals surface area contributed by atoms with Gasteiger partial charge in [0.15, 0.2) is 10.9 Å². The third kappa shape index (κ3) is 6.31. The molecular formula is C25H30F3N3O4S. The normalized spacial score (nSPS) is 17.8. The topological polar surface area (TPSA) is 80.2 Å². The Balaban J connectivity index is 2.11. The Morgan fingerprint density at radius 1 is 1.17 bits per heavy atom. The molecule has 7 nitrogen and oxygen atoms in total. The molecule has 1 amide bonds. The highest BCUT2D eigenvalue weighted by Crippen LogP contribution is 2.48. The van der Waals surface area contributed by atoms with E-state index in [0.29, 0.717) is 24.4 Å². The van der Waals surface area contributed by atoms with E-state index in [-0.39, 0.29) is 23.4 Å². The van der Waals surface area contributed by atoms with Crippen molar-refractivity contribution in [3.05, 3.63) is 57.8 Å². The molecule has 196 valence electrons. The van der Waals surface area contributed by atoms with Gasteiger partial charge >= 0.3 is 12.1 Å². The van der Waals surface area contributed by atoms with Crippen molar-refractivity contribution in [2.45, 2.75) is 58.4 Å². The first kappa shape index (κ1) is 27.8. The largest absolute Gasteiger partial charge is 0.459 e. The number of esters is 1. The summed E-state index contributed by atoms with van der Waals surface area (Å²) >= 11 is 0.982. The number of aliphatic imine (C=N–C) groups is 1. The van der Waals surface area contributed by atoms with Gasteiger partial charge in [0.2, 0.25) is 5.91 Å². The number of hydrogen-bond donors (Lipinski definition) is 1. The molecule has 1 aromatic carbocycles. The van der Waals surface area contributed by atoms with Crippen LogP contribution in [0.2, 0.25) is 0 Å². The first-order valence-corrected chi connectivity index (χ1v) is 12.4. The molecular weight excluding hydrogens is 495 g/mol. The van der Waals surface area contributed by atoms with E-state index in [4.69, 9.17) is 9.47 Å². The fourth-order valence-electron chi connectivity index (χ4n) is 3.86. The van der Waals surface area contributed by atoms with Gasteiger partial charge in [0.1, 0.15) is 0 Å². The number of ether oxygens (including phenoxy) is 2. The smallest absolute Gasteiger partial charge is 0.434 e. The average Bonchev–Trinajstić information content (AvgIpc) is 3.19. The summed E-state index contributed by atoms with van der Waals surface area (Å²) in [6, 6.07) is 5.90.